The Hall–Kier alpha value is -1.53. The first kappa shape index (κ1) is 15.9. The molecular formula is C15H22N2O3S. The SMILES string of the molecule is CCCNC(=S)N1Cc2c(OC)ccc(OC)c2[C@@H](O)C1. The monoisotopic (exact) mass is 310 g/mol. The molecule has 0 bridgehead atoms. The third-order valence-electron chi connectivity index (χ3n) is 3.60. The standard InChI is InChI=1S/C15H22N2O3S/c1-4-7-16-15(21)17-8-10-12(19-2)5-6-13(20-3)14(10)11(18)9-17/h5-6,11,18H,4,7-9H2,1-3H3,(H,16,21)/t11-/m0/s1. The second-order valence-electron chi connectivity index (χ2n) is 4.99. The predicted molar refractivity (Wildman–Crippen MR) is 85.8 cm³/mol. The zero-order chi connectivity index (χ0) is 15.4. The van der Waals surface area contributed by atoms with Crippen LogP contribution in [0, 0.1) is 0 Å². The molecule has 0 fully saturated rings. The van der Waals surface area contributed by atoms with Crippen molar-refractivity contribution in [3.63, 3.8) is 0 Å². The van der Waals surface area contributed by atoms with Crippen molar-refractivity contribution in [2.24, 2.45) is 0 Å². The molecule has 116 valence electrons. The fraction of sp³-hybridized carbons (Fsp3) is 0.533. The van der Waals surface area contributed by atoms with Gasteiger partial charge in [0.1, 0.15) is 17.6 Å². The molecule has 1 atom stereocenters. The molecule has 1 heterocycles. The molecule has 0 amide bonds. The number of β-amino-alcohol motifs (C(OH)–C–C–N with tert-alkyl or cyclic N) is 1. The first-order chi connectivity index (χ1) is 10.1. The van der Waals surface area contributed by atoms with E-state index < -0.39 is 6.10 Å². The summed E-state index contributed by atoms with van der Waals surface area (Å²) in [5, 5.41) is 14.3. The van der Waals surface area contributed by atoms with Crippen molar-refractivity contribution in [2.75, 3.05) is 27.3 Å². The maximum atomic E-state index is 10.5. The highest BCUT2D eigenvalue weighted by atomic mass is 32.1. The molecule has 0 aliphatic carbocycles. The average Bonchev–Trinajstić information content (AvgIpc) is 2.51. The number of aliphatic hydroxyl groups is 1. The molecule has 0 aromatic heterocycles. The zero-order valence-corrected chi connectivity index (χ0v) is 13.5. The van der Waals surface area contributed by atoms with Crippen LogP contribution < -0.4 is 14.8 Å². The van der Waals surface area contributed by atoms with Crippen LogP contribution >= 0.6 is 12.2 Å². The summed E-state index contributed by atoms with van der Waals surface area (Å²) in [6.45, 7) is 3.96. The van der Waals surface area contributed by atoms with Crippen LogP contribution in [0.15, 0.2) is 12.1 Å². The van der Waals surface area contributed by atoms with E-state index in [1.807, 2.05) is 17.0 Å². The summed E-state index contributed by atoms with van der Waals surface area (Å²) in [7, 11) is 3.23. The summed E-state index contributed by atoms with van der Waals surface area (Å²) < 4.78 is 10.8. The fourth-order valence-electron chi connectivity index (χ4n) is 2.57. The van der Waals surface area contributed by atoms with Crippen molar-refractivity contribution < 1.29 is 14.6 Å². The Bertz CT molecular complexity index is 522. The van der Waals surface area contributed by atoms with Crippen LogP contribution in [0.3, 0.4) is 0 Å². The summed E-state index contributed by atoms with van der Waals surface area (Å²) >= 11 is 5.39. The van der Waals surface area contributed by atoms with Crippen LogP contribution in [0.4, 0.5) is 0 Å². The normalized spacial score (nSPS) is 17.1. The molecule has 1 aliphatic rings. The van der Waals surface area contributed by atoms with E-state index in [0.717, 1.165) is 29.8 Å². The molecular weight excluding hydrogens is 288 g/mol. The number of hydrogen-bond donors (Lipinski definition) is 2. The summed E-state index contributed by atoms with van der Waals surface area (Å²) in [6.07, 6.45) is 0.352. The smallest absolute Gasteiger partial charge is 0.169 e. The lowest BCUT2D eigenvalue weighted by molar-refractivity contribution is 0.122. The average molecular weight is 310 g/mol. The lowest BCUT2D eigenvalue weighted by Crippen LogP contribution is -2.44. The van der Waals surface area contributed by atoms with Crippen LogP contribution in [0.25, 0.3) is 0 Å². The third kappa shape index (κ3) is 3.22. The van der Waals surface area contributed by atoms with E-state index in [1.54, 1.807) is 14.2 Å². The Morgan fingerprint density at radius 1 is 1.38 bits per heavy atom. The van der Waals surface area contributed by atoms with Crippen LogP contribution in [0.2, 0.25) is 0 Å². The van der Waals surface area contributed by atoms with Gasteiger partial charge < -0.3 is 24.8 Å². The summed E-state index contributed by atoms with van der Waals surface area (Å²) in [6, 6.07) is 3.68. The quantitative estimate of drug-likeness (QED) is 0.828. The summed E-state index contributed by atoms with van der Waals surface area (Å²) in [5.74, 6) is 1.43. The number of benzene rings is 1. The molecule has 2 N–H and O–H groups in total. The van der Waals surface area contributed by atoms with Gasteiger partial charge in [0.2, 0.25) is 0 Å². The van der Waals surface area contributed by atoms with Crippen LogP contribution in [-0.4, -0.2) is 42.4 Å². The second-order valence-corrected chi connectivity index (χ2v) is 5.38. The maximum absolute atomic E-state index is 10.5. The van der Waals surface area contributed by atoms with Crippen molar-refractivity contribution in [2.45, 2.75) is 26.0 Å². The number of thiocarbonyl (C=S) groups is 1. The van der Waals surface area contributed by atoms with Gasteiger partial charge in [-0.3, -0.25) is 0 Å². The van der Waals surface area contributed by atoms with E-state index >= 15 is 0 Å². The molecule has 0 saturated carbocycles. The Morgan fingerprint density at radius 2 is 2.05 bits per heavy atom. The van der Waals surface area contributed by atoms with Crippen LogP contribution in [-0.2, 0) is 6.54 Å². The van der Waals surface area contributed by atoms with E-state index in [4.69, 9.17) is 21.7 Å². The second kappa shape index (κ2) is 6.95. The molecule has 0 unspecified atom stereocenters. The van der Waals surface area contributed by atoms with Gasteiger partial charge in [0.25, 0.3) is 0 Å². The zero-order valence-electron chi connectivity index (χ0n) is 12.7. The minimum Gasteiger partial charge on any atom is -0.496 e. The van der Waals surface area contributed by atoms with Gasteiger partial charge >= 0.3 is 0 Å². The molecule has 1 aromatic carbocycles. The fourth-order valence-corrected chi connectivity index (χ4v) is 2.82. The minimum atomic E-state index is -0.653. The van der Waals surface area contributed by atoms with Crippen LogP contribution in [0.1, 0.15) is 30.6 Å². The Labute approximate surface area is 130 Å². The molecule has 1 aromatic rings. The molecule has 6 heteroatoms. The van der Waals surface area contributed by atoms with E-state index in [0.29, 0.717) is 24.0 Å². The maximum Gasteiger partial charge on any atom is 0.169 e. The van der Waals surface area contributed by atoms with Crippen molar-refractivity contribution in [1.82, 2.24) is 10.2 Å². The van der Waals surface area contributed by atoms with E-state index in [9.17, 15) is 5.11 Å². The Balaban J connectivity index is 2.31. The number of fused-ring (bicyclic) bond motifs is 1. The minimum absolute atomic E-state index is 0.450. The van der Waals surface area contributed by atoms with Gasteiger partial charge in [-0.1, -0.05) is 6.92 Å². The van der Waals surface area contributed by atoms with Crippen molar-refractivity contribution in [3.8, 4) is 11.5 Å². The van der Waals surface area contributed by atoms with Gasteiger partial charge in [0.15, 0.2) is 5.11 Å². The molecule has 2 rings (SSSR count). The van der Waals surface area contributed by atoms with Gasteiger partial charge in [-0.05, 0) is 30.8 Å². The van der Waals surface area contributed by atoms with Crippen molar-refractivity contribution >= 4 is 17.3 Å². The first-order valence-electron chi connectivity index (χ1n) is 7.06. The van der Waals surface area contributed by atoms with E-state index in [-0.39, 0.29) is 0 Å². The Morgan fingerprint density at radius 3 is 2.67 bits per heavy atom. The topological polar surface area (TPSA) is 54.0 Å². The number of nitrogens with one attached hydrogen (secondary N) is 1. The van der Waals surface area contributed by atoms with Crippen molar-refractivity contribution in [1.29, 1.82) is 0 Å². The van der Waals surface area contributed by atoms with E-state index in [2.05, 4.69) is 12.2 Å². The highest BCUT2D eigenvalue weighted by Gasteiger charge is 2.30. The number of methoxy groups -OCH3 is 2. The molecule has 21 heavy (non-hydrogen) atoms. The molecule has 0 spiro atoms. The lowest BCUT2D eigenvalue weighted by Gasteiger charge is -2.35. The molecule has 5 nitrogen and oxygen atoms in total. The van der Waals surface area contributed by atoms with Gasteiger partial charge in [0, 0.05) is 24.2 Å². The number of rotatable bonds is 4. The highest BCUT2D eigenvalue weighted by Crippen LogP contribution is 2.39. The summed E-state index contributed by atoms with van der Waals surface area (Å²) in [5.41, 5.74) is 1.72. The number of nitrogens with zero attached hydrogens (tertiary/aromatic N) is 1. The first-order valence-corrected chi connectivity index (χ1v) is 7.47. The molecule has 0 saturated heterocycles. The van der Waals surface area contributed by atoms with E-state index in [1.165, 1.54) is 0 Å². The number of aliphatic hydroxyl groups excluding tert-OH is 1. The molecule has 0 radical (unpaired) electrons. The van der Waals surface area contributed by atoms with Gasteiger partial charge in [-0.2, -0.15) is 0 Å². The largest absolute Gasteiger partial charge is 0.496 e. The highest BCUT2D eigenvalue weighted by molar-refractivity contribution is 7.80. The number of hydrogen-bond acceptors (Lipinski definition) is 4. The predicted octanol–water partition coefficient (Wildman–Crippen LogP) is 1.84. The lowest BCUT2D eigenvalue weighted by atomic mass is 9.95. The molecule has 1 aliphatic heterocycles. The summed E-state index contributed by atoms with van der Waals surface area (Å²) in [4.78, 5) is 1.96. The van der Waals surface area contributed by atoms with Crippen molar-refractivity contribution in [3.05, 3.63) is 23.3 Å². The Kier molecular flexibility index (Phi) is 5.25. The third-order valence-corrected chi connectivity index (χ3v) is 4.01. The van der Waals surface area contributed by atoms with Gasteiger partial charge in [0.05, 0.1) is 20.8 Å². The van der Waals surface area contributed by atoms with Gasteiger partial charge in [-0.15, -0.1) is 0 Å². The van der Waals surface area contributed by atoms with Crippen LogP contribution in [0.5, 0.6) is 11.5 Å². The number of ether oxygens (including phenoxy) is 2. The van der Waals surface area contributed by atoms with Gasteiger partial charge in [-0.25, -0.2) is 0 Å².